The van der Waals surface area contributed by atoms with Gasteiger partial charge in [-0.1, -0.05) is 42.4 Å². The highest BCUT2D eigenvalue weighted by molar-refractivity contribution is 5.99. The molecule has 1 saturated heterocycles. The third kappa shape index (κ3) is 3.62. The minimum absolute atomic E-state index is 0.0110. The molecular weight excluding hydrogens is 292 g/mol. The van der Waals surface area contributed by atoms with E-state index in [2.05, 4.69) is 12.1 Å². The Morgan fingerprint density at radius 2 is 2.22 bits per heavy atom. The van der Waals surface area contributed by atoms with Gasteiger partial charge < -0.3 is 14.2 Å². The highest BCUT2D eigenvalue weighted by atomic mass is 16.5. The molecule has 23 heavy (non-hydrogen) atoms. The fraction of sp³-hybridized carbons (Fsp3) is 0.444. The van der Waals surface area contributed by atoms with Gasteiger partial charge in [0.1, 0.15) is 5.56 Å². The van der Waals surface area contributed by atoms with Gasteiger partial charge >= 0.3 is 0 Å². The molecule has 1 atom stereocenters. The Morgan fingerprint density at radius 3 is 3.00 bits per heavy atom. The summed E-state index contributed by atoms with van der Waals surface area (Å²) in [6, 6.07) is 9.61. The van der Waals surface area contributed by atoms with Crippen LogP contribution in [0.3, 0.4) is 0 Å². The molecular formula is C18H22N2O3. The molecule has 5 heteroatoms. The first-order chi connectivity index (χ1) is 11.3. The van der Waals surface area contributed by atoms with Crippen molar-refractivity contribution < 1.29 is 14.1 Å². The number of hydrogen-bond acceptors (Lipinski definition) is 4. The number of amides is 1. The molecule has 1 fully saturated rings. The van der Waals surface area contributed by atoms with Gasteiger partial charge in [-0.3, -0.25) is 4.79 Å². The minimum atomic E-state index is -0.0110. The summed E-state index contributed by atoms with van der Waals surface area (Å²) >= 11 is 0. The van der Waals surface area contributed by atoms with Gasteiger partial charge in [-0.15, -0.1) is 0 Å². The molecule has 2 aromatic rings. The second-order valence-corrected chi connectivity index (χ2v) is 5.92. The van der Waals surface area contributed by atoms with Crippen molar-refractivity contribution in [1.82, 2.24) is 10.1 Å². The van der Waals surface area contributed by atoms with Crippen molar-refractivity contribution in [3.63, 3.8) is 0 Å². The number of rotatable bonds is 6. The van der Waals surface area contributed by atoms with E-state index in [-0.39, 0.29) is 5.91 Å². The van der Waals surface area contributed by atoms with E-state index in [0.717, 1.165) is 44.7 Å². The maximum Gasteiger partial charge on any atom is 0.259 e. The Kier molecular flexibility index (Phi) is 5.08. The molecule has 0 saturated carbocycles. The number of nitrogens with zero attached hydrogens (tertiary/aromatic N) is 2. The van der Waals surface area contributed by atoms with Crippen molar-refractivity contribution in [2.24, 2.45) is 5.92 Å². The Labute approximate surface area is 136 Å². The van der Waals surface area contributed by atoms with Crippen molar-refractivity contribution in [1.29, 1.82) is 0 Å². The second-order valence-electron chi connectivity index (χ2n) is 5.92. The summed E-state index contributed by atoms with van der Waals surface area (Å²) in [5.41, 5.74) is 1.40. The first kappa shape index (κ1) is 15.7. The van der Waals surface area contributed by atoms with Gasteiger partial charge in [0.25, 0.3) is 5.91 Å². The van der Waals surface area contributed by atoms with Gasteiger partial charge in [0.05, 0.1) is 12.8 Å². The number of hydrogen-bond donors (Lipinski definition) is 0. The Balaban J connectivity index is 1.67. The summed E-state index contributed by atoms with van der Waals surface area (Å²) in [5, 5.41) is 3.82. The number of likely N-dealkylation sites (tertiary alicyclic amines) is 1. The molecule has 1 aliphatic heterocycles. The first-order valence-corrected chi connectivity index (χ1v) is 8.16. The van der Waals surface area contributed by atoms with Crippen molar-refractivity contribution in [2.45, 2.75) is 19.8 Å². The van der Waals surface area contributed by atoms with Gasteiger partial charge in [-0.05, 0) is 12.8 Å². The van der Waals surface area contributed by atoms with Crippen LogP contribution in [0.15, 0.2) is 41.1 Å². The molecule has 3 rings (SSSR count). The summed E-state index contributed by atoms with van der Waals surface area (Å²) in [5.74, 6) is 0.954. The number of benzene rings is 1. The molecule has 2 heterocycles. The van der Waals surface area contributed by atoms with E-state index in [1.54, 1.807) is 0 Å². The molecule has 1 aromatic carbocycles. The maximum atomic E-state index is 12.8. The average molecular weight is 314 g/mol. The Hall–Kier alpha value is -2.14. The SMILES string of the molecule is CCCOCC1CCN(C(=O)c2cnoc2-c2ccccc2)C1. The molecule has 1 amide bonds. The maximum absolute atomic E-state index is 12.8. The lowest BCUT2D eigenvalue weighted by Gasteiger charge is -2.16. The van der Waals surface area contributed by atoms with E-state index in [9.17, 15) is 4.79 Å². The van der Waals surface area contributed by atoms with Gasteiger partial charge in [0, 0.05) is 31.2 Å². The zero-order valence-electron chi connectivity index (χ0n) is 13.4. The molecule has 0 aliphatic carbocycles. The lowest BCUT2D eigenvalue weighted by molar-refractivity contribution is 0.0754. The zero-order valence-corrected chi connectivity index (χ0v) is 13.4. The third-order valence-electron chi connectivity index (χ3n) is 4.11. The van der Waals surface area contributed by atoms with Crippen LogP contribution in [-0.4, -0.2) is 42.3 Å². The molecule has 0 radical (unpaired) electrons. The van der Waals surface area contributed by atoms with Crippen LogP contribution in [0.1, 0.15) is 30.1 Å². The average Bonchev–Trinajstić information content (AvgIpc) is 3.25. The summed E-state index contributed by atoms with van der Waals surface area (Å²) in [6.45, 7) is 5.11. The largest absolute Gasteiger partial charge is 0.381 e. The van der Waals surface area contributed by atoms with E-state index >= 15 is 0 Å². The summed E-state index contributed by atoms with van der Waals surface area (Å²) in [6.07, 6.45) is 3.53. The normalized spacial score (nSPS) is 17.6. The van der Waals surface area contributed by atoms with Crippen molar-refractivity contribution in [3.8, 4) is 11.3 Å². The van der Waals surface area contributed by atoms with Gasteiger partial charge in [-0.25, -0.2) is 0 Å². The predicted molar refractivity (Wildman–Crippen MR) is 87.1 cm³/mol. The number of carbonyl (C=O) groups excluding carboxylic acids is 1. The standard InChI is InChI=1S/C18H22N2O3/c1-2-10-22-13-14-8-9-20(12-14)18(21)16-11-19-23-17(16)15-6-4-3-5-7-15/h3-7,11,14H,2,8-10,12-13H2,1H3. The first-order valence-electron chi connectivity index (χ1n) is 8.16. The summed E-state index contributed by atoms with van der Waals surface area (Å²) < 4.78 is 10.9. The van der Waals surface area contributed by atoms with Crippen molar-refractivity contribution in [2.75, 3.05) is 26.3 Å². The lowest BCUT2D eigenvalue weighted by atomic mass is 10.1. The molecule has 1 aromatic heterocycles. The van der Waals surface area contributed by atoms with Crippen LogP contribution in [0.4, 0.5) is 0 Å². The van der Waals surface area contributed by atoms with Crippen LogP contribution in [0.2, 0.25) is 0 Å². The van der Waals surface area contributed by atoms with Gasteiger partial charge in [0.15, 0.2) is 5.76 Å². The van der Waals surface area contributed by atoms with Gasteiger partial charge in [0.2, 0.25) is 0 Å². The Morgan fingerprint density at radius 1 is 1.39 bits per heavy atom. The predicted octanol–water partition coefficient (Wildman–Crippen LogP) is 3.23. The van der Waals surface area contributed by atoms with E-state index in [1.165, 1.54) is 6.20 Å². The summed E-state index contributed by atoms with van der Waals surface area (Å²) in [4.78, 5) is 14.6. The van der Waals surface area contributed by atoms with Crippen LogP contribution in [-0.2, 0) is 4.74 Å². The molecule has 0 spiro atoms. The van der Waals surface area contributed by atoms with E-state index < -0.39 is 0 Å². The Bertz CT molecular complexity index is 639. The summed E-state index contributed by atoms with van der Waals surface area (Å²) in [7, 11) is 0. The van der Waals surface area contributed by atoms with Crippen LogP contribution in [0.25, 0.3) is 11.3 Å². The number of aromatic nitrogens is 1. The number of carbonyl (C=O) groups is 1. The van der Waals surface area contributed by atoms with Crippen LogP contribution in [0.5, 0.6) is 0 Å². The van der Waals surface area contributed by atoms with Crippen molar-refractivity contribution >= 4 is 5.91 Å². The second kappa shape index (κ2) is 7.42. The van der Waals surface area contributed by atoms with E-state index in [0.29, 0.717) is 17.2 Å². The fourth-order valence-corrected chi connectivity index (χ4v) is 2.91. The molecule has 1 aliphatic rings. The van der Waals surface area contributed by atoms with Crippen molar-refractivity contribution in [3.05, 3.63) is 42.1 Å². The topological polar surface area (TPSA) is 55.6 Å². The van der Waals surface area contributed by atoms with E-state index in [4.69, 9.17) is 9.26 Å². The quantitative estimate of drug-likeness (QED) is 0.768. The van der Waals surface area contributed by atoms with Gasteiger partial charge in [-0.2, -0.15) is 0 Å². The fourth-order valence-electron chi connectivity index (χ4n) is 2.91. The molecule has 122 valence electrons. The molecule has 1 unspecified atom stereocenters. The zero-order chi connectivity index (χ0) is 16.1. The van der Waals surface area contributed by atoms with Crippen LogP contribution < -0.4 is 0 Å². The van der Waals surface area contributed by atoms with Crippen LogP contribution in [0, 0.1) is 5.92 Å². The molecule has 5 nitrogen and oxygen atoms in total. The highest BCUT2D eigenvalue weighted by Gasteiger charge is 2.29. The molecule has 0 bridgehead atoms. The van der Waals surface area contributed by atoms with Crippen LogP contribution >= 0.6 is 0 Å². The smallest absolute Gasteiger partial charge is 0.259 e. The monoisotopic (exact) mass is 314 g/mol. The lowest BCUT2D eigenvalue weighted by Crippen LogP contribution is -2.29. The third-order valence-corrected chi connectivity index (χ3v) is 4.11. The molecule has 0 N–H and O–H groups in total. The van der Waals surface area contributed by atoms with E-state index in [1.807, 2.05) is 35.2 Å². The minimum Gasteiger partial charge on any atom is -0.381 e. The highest BCUT2D eigenvalue weighted by Crippen LogP contribution is 2.26. The number of ether oxygens (including phenoxy) is 1.